The Bertz CT molecular complexity index is 1070. The summed E-state index contributed by atoms with van der Waals surface area (Å²) in [4.78, 5) is 8.27. The second-order valence-corrected chi connectivity index (χ2v) is 9.43. The van der Waals surface area contributed by atoms with Gasteiger partial charge in [-0.15, -0.1) is 5.10 Å². The molecule has 1 aromatic carbocycles. The Morgan fingerprint density at radius 1 is 1.23 bits per heavy atom. The molecule has 2 aliphatic rings. The Morgan fingerprint density at radius 3 is 2.60 bits per heavy atom. The van der Waals surface area contributed by atoms with Crippen LogP contribution in [-0.4, -0.2) is 56.7 Å². The van der Waals surface area contributed by atoms with Crippen molar-refractivity contribution < 1.29 is 14.6 Å². The van der Waals surface area contributed by atoms with E-state index in [0.717, 1.165) is 36.4 Å². The monoisotopic (exact) mass is 468 g/mol. The Balaban J connectivity index is 1.55. The molecule has 10 heteroatoms. The number of ether oxygens (including phenoxy) is 2. The third-order valence-corrected chi connectivity index (χ3v) is 7.44. The highest BCUT2D eigenvalue weighted by Gasteiger charge is 2.42. The van der Waals surface area contributed by atoms with Crippen molar-refractivity contribution in [3.8, 4) is 5.88 Å². The molecular weight excluding hydrogens is 447 g/mol. The minimum Gasteiger partial charge on any atom is -0.492 e. The molecule has 5 rings (SSSR count). The summed E-state index contributed by atoms with van der Waals surface area (Å²) in [6.07, 6.45) is 2.23. The van der Waals surface area contributed by atoms with Crippen molar-refractivity contribution in [2.24, 2.45) is 0 Å². The van der Waals surface area contributed by atoms with Gasteiger partial charge in [0.15, 0.2) is 11.6 Å². The van der Waals surface area contributed by atoms with Crippen LogP contribution in [0.2, 0.25) is 10.0 Å². The van der Waals surface area contributed by atoms with Crippen molar-refractivity contribution in [3.05, 3.63) is 44.5 Å². The molecule has 0 bridgehead atoms. The molecule has 2 aliphatic heterocycles. The maximum Gasteiger partial charge on any atom is 0.230 e. The summed E-state index contributed by atoms with van der Waals surface area (Å²) in [6, 6.07) is 5.25. The number of rotatable bonds is 4. The second kappa shape index (κ2) is 7.93. The van der Waals surface area contributed by atoms with Crippen LogP contribution in [0.3, 0.4) is 0 Å². The fourth-order valence-electron chi connectivity index (χ4n) is 4.25. The van der Waals surface area contributed by atoms with Gasteiger partial charge < -0.3 is 14.6 Å². The van der Waals surface area contributed by atoms with E-state index in [1.807, 2.05) is 19.1 Å². The van der Waals surface area contributed by atoms with Crippen LogP contribution in [0.4, 0.5) is 0 Å². The van der Waals surface area contributed by atoms with E-state index in [2.05, 4.69) is 15.0 Å². The summed E-state index contributed by atoms with van der Waals surface area (Å²) in [5.74, 6) is 0.334. The van der Waals surface area contributed by atoms with Crippen LogP contribution in [0.25, 0.3) is 4.96 Å². The highest BCUT2D eigenvalue weighted by Crippen LogP contribution is 2.44. The van der Waals surface area contributed by atoms with E-state index >= 15 is 0 Å². The molecule has 2 aromatic heterocycles. The fraction of sp³-hybridized carbons (Fsp3) is 0.500. The lowest BCUT2D eigenvalue weighted by molar-refractivity contribution is -0.187. The largest absolute Gasteiger partial charge is 0.492 e. The van der Waals surface area contributed by atoms with E-state index in [0.29, 0.717) is 40.5 Å². The van der Waals surface area contributed by atoms with Crippen LogP contribution in [0.5, 0.6) is 5.88 Å². The molecule has 0 saturated carbocycles. The molecule has 1 atom stereocenters. The zero-order valence-corrected chi connectivity index (χ0v) is 18.8. The number of hydrogen-bond donors (Lipinski definition) is 1. The fourth-order valence-corrected chi connectivity index (χ4v) is 5.89. The minimum absolute atomic E-state index is 0.104. The molecule has 0 radical (unpaired) electrons. The number of aryl methyl sites for hydroxylation is 1. The van der Waals surface area contributed by atoms with Crippen molar-refractivity contribution in [2.45, 2.75) is 38.0 Å². The van der Waals surface area contributed by atoms with E-state index in [-0.39, 0.29) is 11.9 Å². The minimum atomic E-state index is -0.478. The average Bonchev–Trinajstić information content (AvgIpc) is 3.43. The molecule has 1 spiro atoms. The summed E-state index contributed by atoms with van der Waals surface area (Å²) in [5.41, 5.74) is 0.890. The molecule has 1 unspecified atom stereocenters. The smallest absolute Gasteiger partial charge is 0.230 e. The molecule has 7 nitrogen and oxygen atoms in total. The number of aromatic hydroxyl groups is 1. The van der Waals surface area contributed by atoms with Crippen LogP contribution in [-0.2, 0) is 15.9 Å². The van der Waals surface area contributed by atoms with Crippen LogP contribution in [0.1, 0.15) is 42.1 Å². The Labute approximate surface area is 188 Å². The highest BCUT2D eigenvalue weighted by atomic mass is 35.5. The lowest BCUT2D eigenvalue weighted by Crippen LogP contribution is -2.46. The first kappa shape index (κ1) is 20.5. The number of piperidine rings is 1. The first-order chi connectivity index (χ1) is 14.5. The standard InChI is InChI=1S/C20H22Cl2N4O3S/c1-2-15-23-19-26(24-15)18(27)17(30-19)16(13-4-3-12(21)11-14(13)22)25-7-5-20(6-8-25)28-9-10-29-20/h3-4,11,16,27H,2,5-10H2,1H3. The van der Waals surface area contributed by atoms with Gasteiger partial charge in [-0.2, -0.15) is 4.52 Å². The summed E-state index contributed by atoms with van der Waals surface area (Å²) >= 11 is 14.2. The van der Waals surface area contributed by atoms with Crippen molar-refractivity contribution in [1.29, 1.82) is 0 Å². The number of benzene rings is 1. The van der Waals surface area contributed by atoms with Gasteiger partial charge in [0.2, 0.25) is 10.8 Å². The predicted molar refractivity (Wildman–Crippen MR) is 116 cm³/mol. The van der Waals surface area contributed by atoms with Crippen molar-refractivity contribution >= 4 is 39.5 Å². The average molecular weight is 469 g/mol. The van der Waals surface area contributed by atoms with Gasteiger partial charge in [0.05, 0.1) is 24.1 Å². The lowest BCUT2D eigenvalue weighted by atomic mass is 9.97. The van der Waals surface area contributed by atoms with Gasteiger partial charge in [-0.05, 0) is 17.7 Å². The van der Waals surface area contributed by atoms with Gasteiger partial charge in [-0.3, -0.25) is 4.90 Å². The van der Waals surface area contributed by atoms with Gasteiger partial charge >= 0.3 is 0 Å². The van der Waals surface area contributed by atoms with Crippen LogP contribution >= 0.6 is 34.5 Å². The van der Waals surface area contributed by atoms with E-state index in [4.69, 9.17) is 32.7 Å². The maximum atomic E-state index is 11.0. The van der Waals surface area contributed by atoms with Crippen LogP contribution < -0.4 is 0 Å². The Kier molecular flexibility index (Phi) is 5.41. The number of halogens is 2. The van der Waals surface area contributed by atoms with Gasteiger partial charge in [0.1, 0.15) is 0 Å². The predicted octanol–water partition coefficient (Wildman–Crippen LogP) is 4.29. The first-order valence-electron chi connectivity index (χ1n) is 10.0. The lowest BCUT2D eigenvalue weighted by Gasteiger charge is -2.41. The summed E-state index contributed by atoms with van der Waals surface area (Å²) in [6.45, 7) is 4.76. The maximum absolute atomic E-state index is 11.0. The molecule has 1 N–H and O–H groups in total. The molecular formula is C20H22Cl2N4O3S. The Morgan fingerprint density at radius 2 is 1.97 bits per heavy atom. The topological polar surface area (TPSA) is 72.1 Å². The molecule has 0 aliphatic carbocycles. The number of thiazole rings is 1. The summed E-state index contributed by atoms with van der Waals surface area (Å²) in [5, 5.41) is 16.6. The quantitative estimate of drug-likeness (QED) is 0.615. The summed E-state index contributed by atoms with van der Waals surface area (Å²) < 4.78 is 13.3. The molecule has 0 amide bonds. The van der Waals surface area contributed by atoms with E-state index in [9.17, 15) is 5.11 Å². The first-order valence-corrected chi connectivity index (χ1v) is 11.6. The molecule has 2 fully saturated rings. The highest BCUT2D eigenvalue weighted by molar-refractivity contribution is 7.17. The van der Waals surface area contributed by atoms with E-state index in [1.165, 1.54) is 15.9 Å². The van der Waals surface area contributed by atoms with Gasteiger partial charge in [-0.25, -0.2) is 4.98 Å². The van der Waals surface area contributed by atoms with Gasteiger partial charge in [0.25, 0.3) is 0 Å². The number of aromatic nitrogens is 3. The van der Waals surface area contributed by atoms with E-state index in [1.54, 1.807) is 6.07 Å². The zero-order valence-electron chi connectivity index (χ0n) is 16.5. The van der Waals surface area contributed by atoms with Crippen molar-refractivity contribution in [2.75, 3.05) is 26.3 Å². The molecule has 2 saturated heterocycles. The van der Waals surface area contributed by atoms with E-state index < -0.39 is 5.79 Å². The summed E-state index contributed by atoms with van der Waals surface area (Å²) in [7, 11) is 0. The molecule has 30 heavy (non-hydrogen) atoms. The SMILES string of the molecule is CCc1nc2sc(C(c3ccc(Cl)cc3Cl)N3CCC4(CC3)OCCO4)c(O)n2n1. The van der Waals surface area contributed by atoms with Crippen LogP contribution in [0, 0.1) is 0 Å². The molecule has 3 aromatic rings. The second-order valence-electron chi connectivity index (χ2n) is 7.58. The zero-order chi connectivity index (χ0) is 20.9. The number of nitrogens with zero attached hydrogens (tertiary/aromatic N) is 4. The third kappa shape index (κ3) is 3.49. The van der Waals surface area contributed by atoms with Gasteiger partial charge in [-0.1, -0.05) is 47.5 Å². The third-order valence-electron chi connectivity index (χ3n) is 5.80. The molecule has 160 valence electrons. The van der Waals surface area contributed by atoms with Crippen LogP contribution in [0.15, 0.2) is 18.2 Å². The number of likely N-dealkylation sites (tertiary alicyclic amines) is 1. The van der Waals surface area contributed by atoms with Gasteiger partial charge in [0, 0.05) is 42.4 Å². The van der Waals surface area contributed by atoms with Crippen molar-refractivity contribution in [3.63, 3.8) is 0 Å². The normalized spacial score (nSPS) is 20.4. The van der Waals surface area contributed by atoms with Crippen molar-refractivity contribution in [1.82, 2.24) is 19.5 Å². The number of fused-ring (bicyclic) bond motifs is 1. The number of hydrogen-bond acceptors (Lipinski definition) is 7. The molecule has 4 heterocycles. The Hall–Kier alpha value is -1.42.